The van der Waals surface area contributed by atoms with E-state index in [1.807, 2.05) is 6.92 Å². The average Bonchev–Trinajstić information content (AvgIpc) is 3.27. The van der Waals surface area contributed by atoms with Gasteiger partial charge >= 0.3 is 0 Å². The lowest BCUT2D eigenvalue weighted by Gasteiger charge is -2.24. The number of sulfone groups is 1. The molecule has 166 valence electrons. The van der Waals surface area contributed by atoms with E-state index < -0.39 is 25.9 Å². The molecule has 32 heavy (non-hydrogen) atoms. The zero-order valence-corrected chi connectivity index (χ0v) is 19.3. The van der Waals surface area contributed by atoms with Gasteiger partial charge in [0.1, 0.15) is 5.75 Å². The normalized spacial score (nSPS) is 17.2. The van der Waals surface area contributed by atoms with E-state index in [4.69, 9.17) is 4.74 Å². The summed E-state index contributed by atoms with van der Waals surface area (Å²) in [5.74, 6) is 0.626. The summed E-state index contributed by atoms with van der Waals surface area (Å²) in [4.78, 5) is 0.308. The third-order valence-electron chi connectivity index (χ3n) is 5.45. The molecule has 0 saturated carbocycles. The molecular weight excluding hydrogens is 446 g/mol. The number of hydrogen-bond donors (Lipinski definition) is 0. The first-order chi connectivity index (χ1) is 15.2. The highest BCUT2D eigenvalue weighted by atomic mass is 32.2. The van der Waals surface area contributed by atoms with Crippen LogP contribution < -0.4 is 4.74 Å². The summed E-state index contributed by atoms with van der Waals surface area (Å²) in [6.45, 7) is 1.63. The lowest BCUT2D eigenvalue weighted by Crippen LogP contribution is -2.32. The molecule has 0 spiro atoms. The molecule has 1 aliphatic rings. The fourth-order valence-electron chi connectivity index (χ4n) is 3.63. The first-order valence-corrected chi connectivity index (χ1v) is 12.9. The van der Waals surface area contributed by atoms with Crippen LogP contribution in [-0.2, 0) is 19.9 Å². The highest BCUT2D eigenvalue weighted by Crippen LogP contribution is 2.38. The van der Waals surface area contributed by atoms with Crippen molar-refractivity contribution in [1.82, 2.24) is 4.31 Å². The topological polar surface area (TPSA) is 80.8 Å². The molecule has 0 bridgehead atoms. The predicted octanol–water partition coefficient (Wildman–Crippen LogP) is 4.11. The second kappa shape index (κ2) is 8.54. The molecule has 0 saturated heterocycles. The Hall–Kier alpha value is -2.94. The van der Waals surface area contributed by atoms with Crippen LogP contribution in [-0.4, -0.2) is 34.8 Å². The van der Waals surface area contributed by atoms with E-state index in [1.54, 1.807) is 73.8 Å². The Morgan fingerprint density at radius 2 is 1.44 bits per heavy atom. The molecule has 1 atom stereocenters. The Kier molecular flexibility index (Phi) is 5.94. The fourth-order valence-corrected chi connectivity index (χ4v) is 6.69. The second-order valence-corrected chi connectivity index (χ2v) is 11.4. The molecule has 1 heterocycles. The summed E-state index contributed by atoms with van der Waals surface area (Å²) < 4.78 is 60.0. The summed E-state index contributed by atoms with van der Waals surface area (Å²) in [5.41, 5.74) is 1.59. The summed E-state index contributed by atoms with van der Waals surface area (Å²) >= 11 is 0. The Labute approximate surface area is 188 Å². The van der Waals surface area contributed by atoms with Crippen LogP contribution in [0.4, 0.5) is 0 Å². The maximum atomic E-state index is 13.5. The van der Waals surface area contributed by atoms with Gasteiger partial charge < -0.3 is 4.74 Å². The third-order valence-corrected chi connectivity index (χ3v) is 9.14. The van der Waals surface area contributed by atoms with E-state index in [0.717, 1.165) is 5.56 Å². The van der Waals surface area contributed by atoms with E-state index in [1.165, 1.54) is 22.5 Å². The van der Waals surface area contributed by atoms with Gasteiger partial charge in [-0.3, -0.25) is 0 Å². The molecule has 3 aromatic rings. The maximum Gasteiger partial charge on any atom is 0.244 e. The molecular formula is C24H23NO5S2. The Morgan fingerprint density at radius 3 is 2.03 bits per heavy atom. The number of hydrogen-bond acceptors (Lipinski definition) is 5. The van der Waals surface area contributed by atoms with Crippen LogP contribution in [0.3, 0.4) is 0 Å². The Balaban J connectivity index is 1.81. The minimum atomic E-state index is -3.96. The highest BCUT2D eigenvalue weighted by Gasteiger charge is 2.40. The van der Waals surface area contributed by atoms with Gasteiger partial charge in [-0.05, 0) is 55.0 Å². The van der Waals surface area contributed by atoms with Gasteiger partial charge in [0, 0.05) is 0 Å². The van der Waals surface area contributed by atoms with Crippen molar-refractivity contribution in [2.24, 2.45) is 0 Å². The molecule has 1 unspecified atom stereocenters. The van der Waals surface area contributed by atoms with E-state index in [-0.39, 0.29) is 21.2 Å². The molecule has 0 aromatic heterocycles. The van der Waals surface area contributed by atoms with Crippen LogP contribution in [0.1, 0.15) is 17.2 Å². The van der Waals surface area contributed by atoms with Gasteiger partial charge in [-0.15, -0.1) is 0 Å². The zero-order valence-electron chi connectivity index (χ0n) is 17.7. The number of benzene rings is 3. The van der Waals surface area contributed by atoms with Crippen LogP contribution in [0.25, 0.3) is 0 Å². The van der Waals surface area contributed by atoms with Gasteiger partial charge in [0.25, 0.3) is 0 Å². The van der Waals surface area contributed by atoms with Gasteiger partial charge in [-0.25, -0.2) is 16.8 Å². The molecule has 0 radical (unpaired) electrons. The van der Waals surface area contributed by atoms with Crippen LogP contribution in [0.15, 0.2) is 99.6 Å². The van der Waals surface area contributed by atoms with Crippen LogP contribution in [0.2, 0.25) is 0 Å². The molecule has 6 nitrogen and oxygen atoms in total. The van der Waals surface area contributed by atoms with Crippen molar-refractivity contribution in [3.05, 3.63) is 101 Å². The van der Waals surface area contributed by atoms with Crippen molar-refractivity contribution in [3.63, 3.8) is 0 Å². The molecule has 4 rings (SSSR count). The minimum Gasteiger partial charge on any atom is -0.497 e. The molecule has 0 amide bonds. The first-order valence-electron chi connectivity index (χ1n) is 9.97. The first kappa shape index (κ1) is 22.3. The van der Waals surface area contributed by atoms with Crippen molar-refractivity contribution in [1.29, 1.82) is 0 Å². The molecule has 0 fully saturated rings. The van der Waals surface area contributed by atoms with Crippen molar-refractivity contribution in [3.8, 4) is 5.75 Å². The average molecular weight is 470 g/mol. The van der Waals surface area contributed by atoms with Crippen molar-refractivity contribution >= 4 is 19.9 Å². The van der Waals surface area contributed by atoms with E-state index in [9.17, 15) is 16.8 Å². The lowest BCUT2D eigenvalue weighted by molar-refractivity contribution is 0.409. The standard InChI is InChI=1S/C24H23NO5S2/c1-18-8-14-22(15-9-18)32(28,29)25-17-23(31(26,27)21-6-4-3-5-7-21)16-24(25)19-10-12-20(30-2)13-11-19/h3-16,24H,17H2,1-2H3. The second-order valence-electron chi connectivity index (χ2n) is 7.53. The van der Waals surface area contributed by atoms with Gasteiger partial charge in [-0.2, -0.15) is 4.31 Å². The number of ether oxygens (including phenoxy) is 1. The lowest BCUT2D eigenvalue weighted by atomic mass is 10.1. The number of aryl methyl sites for hydroxylation is 1. The van der Waals surface area contributed by atoms with E-state index in [2.05, 4.69) is 0 Å². The Morgan fingerprint density at radius 1 is 0.812 bits per heavy atom. The number of rotatable bonds is 6. The van der Waals surface area contributed by atoms with E-state index >= 15 is 0 Å². The van der Waals surface area contributed by atoms with Crippen LogP contribution >= 0.6 is 0 Å². The smallest absolute Gasteiger partial charge is 0.244 e. The summed E-state index contributed by atoms with van der Waals surface area (Å²) in [7, 11) is -6.26. The predicted molar refractivity (Wildman–Crippen MR) is 123 cm³/mol. The highest BCUT2D eigenvalue weighted by molar-refractivity contribution is 7.95. The monoisotopic (exact) mass is 469 g/mol. The largest absolute Gasteiger partial charge is 0.497 e. The number of sulfonamides is 1. The minimum absolute atomic E-state index is 0.0557. The molecule has 1 aliphatic heterocycles. The molecule has 0 N–H and O–H groups in total. The van der Waals surface area contributed by atoms with Crippen LogP contribution in [0.5, 0.6) is 5.75 Å². The quantitative estimate of drug-likeness (QED) is 0.543. The van der Waals surface area contributed by atoms with Gasteiger partial charge in [0.05, 0.1) is 34.4 Å². The van der Waals surface area contributed by atoms with Crippen molar-refractivity contribution < 1.29 is 21.6 Å². The fraction of sp³-hybridized carbons (Fsp3) is 0.167. The van der Waals surface area contributed by atoms with Crippen molar-refractivity contribution in [2.75, 3.05) is 13.7 Å². The van der Waals surface area contributed by atoms with E-state index in [0.29, 0.717) is 11.3 Å². The SMILES string of the molecule is COc1ccc(C2C=C(S(=O)(=O)c3ccccc3)CN2S(=O)(=O)c2ccc(C)cc2)cc1. The zero-order chi connectivity index (χ0) is 22.9. The van der Waals surface area contributed by atoms with Gasteiger partial charge in [0.15, 0.2) is 0 Å². The summed E-state index contributed by atoms with van der Waals surface area (Å²) in [5, 5.41) is 0. The molecule has 3 aromatic carbocycles. The summed E-state index contributed by atoms with van der Waals surface area (Å²) in [6.07, 6.45) is 1.52. The third kappa shape index (κ3) is 4.09. The molecule has 8 heteroatoms. The molecule has 0 aliphatic carbocycles. The van der Waals surface area contributed by atoms with Crippen LogP contribution in [0, 0.1) is 6.92 Å². The van der Waals surface area contributed by atoms with Gasteiger partial charge in [-0.1, -0.05) is 48.0 Å². The number of methoxy groups -OCH3 is 1. The van der Waals surface area contributed by atoms with Crippen molar-refractivity contribution in [2.45, 2.75) is 22.8 Å². The maximum absolute atomic E-state index is 13.5. The summed E-state index contributed by atoms with van der Waals surface area (Å²) in [6, 6.07) is 20.7. The van der Waals surface area contributed by atoms with Gasteiger partial charge in [0.2, 0.25) is 19.9 Å². The Bertz CT molecular complexity index is 1350. The number of nitrogens with zero attached hydrogens (tertiary/aromatic N) is 1.